The summed E-state index contributed by atoms with van der Waals surface area (Å²) in [7, 11) is 1.62. The summed E-state index contributed by atoms with van der Waals surface area (Å²) in [5, 5.41) is 12.9. The molecule has 6 nitrogen and oxygen atoms in total. The van der Waals surface area contributed by atoms with Gasteiger partial charge in [0.25, 0.3) is 0 Å². The van der Waals surface area contributed by atoms with Crippen LogP contribution in [0.5, 0.6) is 5.75 Å². The van der Waals surface area contributed by atoms with Crippen molar-refractivity contribution < 1.29 is 9.53 Å². The lowest BCUT2D eigenvalue weighted by molar-refractivity contribution is -0.115. The summed E-state index contributed by atoms with van der Waals surface area (Å²) in [5.74, 6) is 1.01. The zero-order chi connectivity index (χ0) is 24.8. The number of nitrogens with one attached hydrogen (secondary N) is 1. The molecule has 2 aromatic heterocycles. The van der Waals surface area contributed by atoms with E-state index in [2.05, 4.69) is 16.4 Å². The van der Waals surface area contributed by atoms with Gasteiger partial charge in [0.15, 0.2) is 0 Å². The van der Waals surface area contributed by atoms with Crippen LogP contribution in [0.2, 0.25) is 0 Å². The van der Waals surface area contributed by atoms with Crippen LogP contribution in [0.25, 0.3) is 22.4 Å². The molecule has 0 spiro atoms. The number of aryl methyl sites for hydroxylation is 1. The van der Waals surface area contributed by atoms with Crippen molar-refractivity contribution >= 4 is 23.5 Å². The van der Waals surface area contributed by atoms with Crippen molar-refractivity contribution in [3.05, 3.63) is 90.1 Å². The number of hydrogen-bond acceptors (Lipinski definition) is 6. The zero-order valence-corrected chi connectivity index (χ0v) is 20.5. The molecule has 1 N–H and O–H groups in total. The van der Waals surface area contributed by atoms with Crippen LogP contribution in [0, 0.1) is 18.3 Å². The van der Waals surface area contributed by atoms with Crippen LogP contribution in [0.1, 0.15) is 18.1 Å². The summed E-state index contributed by atoms with van der Waals surface area (Å²) in [4.78, 5) is 21.8. The van der Waals surface area contributed by atoms with Gasteiger partial charge in [-0.2, -0.15) is 5.26 Å². The maximum absolute atomic E-state index is 12.8. The molecule has 0 radical (unpaired) electrons. The first kappa shape index (κ1) is 24.0. The zero-order valence-electron chi connectivity index (χ0n) is 19.6. The molecule has 0 aliphatic carbocycles. The number of amides is 1. The number of methoxy groups -OCH3 is 1. The average Bonchev–Trinajstić information content (AvgIpc) is 2.89. The van der Waals surface area contributed by atoms with E-state index >= 15 is 0 Å². The van der Waals surface area contributed by atoms with E-state index in [9.17, 15) is 10.1 Å². The van der Waals surface area contributed by atoms with Gasteiger partial charge in [0, 0.05) is 17.3 Å². The second-order valence-corrected chi connectivity index (χ2v) is 9.24. The van der Waals surface area contributed by atoms with Gasteiger partial charge < -0.3 is 10.1 Å². The number of carbonyl (C=O) groups is 1. The Labute approximate surface area is 209 Å². The van der Waals surface area contributed by atoms with E-state index in [0.29, 0.717) is 22.1 Å². The van der Waals surface area contributed by atoms with Crippen molar-refractivity contribution in [3.63, 3.8) is 0 Å². The summed E-state index contributed by atoms with van der Waals surface area (Å²) < 4.78 is 5.28. The highest BCUT2D eigenvalue weighted by Gasteiger charge is 2.22. The number of carbonyl (C=O) groups excluding carboxylic acids is 1. The number of nitrogens with zero attached hydrogens (tertiary/aromatic N) is 3. The lowest BCUT2D eigenvalue weighted by Crippen LogP contribution is -2.23. The minimum absolute atomic E-state index is 0.217. The summed E-state index contributed by atoms with van der Waals surface area (Å²) in [5.41, 5.74) is 4.85. The van der Waals surface area contributed by atoms with E-state index in [1.165, 1.54) is 11.8 Å². The fraction of sp³-hybridized carbons (Fsp3) is 0.143. The van der Waals surface area contributed by atoms with Crippen LogP contribution in [0.15, 0.2) is 84.0 Å². The van der Waals surface area contributed by atoms with Gasteiger partial charge >= 0.3 is 0 Å². The van der Waals surface area contributed by atoms with Gasteiger partial charge in [-0.1, -0.05) is 47.7 Å². The van der Waals surface area contributed by atoms with E-state index in [1.54, 1.807) is 32.4 Å². The van der Waals surface area contributed by atoms with Gasteiger partial charge in [-0.3, -0.25) is 4.79 Å². The van der Waals surface area contributed by atoms with Crippen LogP contribution >= 0.6 is 11.8 Å². The first-order chi connectivity index (χ1) is 17.0. The number of thioether (sulfide) groups is 1. The molecule has 0 aliphatic rings. The largest absolute Gasteiger partial charge is 0.497 e. The van der Waals surface area contributed by atoms with Crippen molar-refractivity contribution in [1.29, 1.82) is 5.26 Å². The molecule has 0 bridgehead atoms. The number of pyridine rings is 2. The third kappa shape index (κ3) is 5.68. The quantitative estimate of drug-likeness (QED) is 0.321. The summed E-state index contributed by atoms with van der Waals surface area (Å²) in [6.45, 7) is 3.81. The first-order valence-electron chi connectivity index (χ1n) is 11.0. The maximum atomic E-state index is 12.8. The number of anilines is 1. The molecule has 2 heterocycles. The van der Waals surface area contributed by atoms with Crippen molar-refractivity contribution in [1.82, 2.24) is 9.97 Å². The van der Waals surface area contributed by atoms with E-state index in [0.717, 1.165) is 28.0 Å². The summed E-state index contributed by atoms with van der Waals surface area (Å²) >= 11 is 1.25. The second-order valence-electron chi connectivity index (χ2n) is 7.91. The molecule has 0 saturated carbocycles. The van der Waals surface area contributed by atoms with E-state index in [-0.39, 0.29) is 5.91 Å². The third-order valence-corrected chi connectivity index (χ3v) is 6.51. The van der Waals surface area contributed by atoms with Crippen LogP contribution in [0.3, 0.4) is 0 Å². The van der Waals surface area contributed by atoms with Gasteiger partial charge in [0.05, 0.1) is 23.6 Å². The van der Waals surface area contributed by atoms with Gasteiger partial charge in [0.1, 0.15) is 22.7 Å². The molecule has 4 rings (SSSR count). The number of nitriles is 1. The predicted molar refractivity (Wildman–Crippen MR) is 139 cm³/mol. The summed E-state index contributed by atoms with van der Waals surface area (Å²) in [6.07, 6.45) is 1.62. The number of benzene rings is 2. The minimum Gasteiger partial charge on any atom is -0.497 e. The Morgan fingerprint density at radius 3 is 2.40 bits per heavy atom. The lowest BCUT2D eigenvalue weighted by atomic mass is 9.98. The van der Waals surface area contributed by atoms with Gasteiger partial charge in [0.2, 0.25) is 5.91 Å². The van der Waals surface area contributed by atoms with Crippen molar-refractivity contribution in [2.45, 2.75) is 24.1 Å². The number of ether oxygens (including phenoxy) is 1. The Hall–Kier alpha value is -4.15. The predicted octanol–water partition coefficient (Wildman–Crippen LogP) is 6.12. The Morgan fingerprint density at radius 1 is 1.06 bits per heavy atom. The smallest absolute Gasteiger partial charge is 0.238 e. The molecular formula is C28H24N4O2S. The normalized spacial score (nSPS) is 11.4. The van der Waals surface area contributed by atoms with Crippen LogP contribution < -0.4 is 10.1 Å². The Bertz CT molecular complexity index is 1370. The van der Waals surface area contributed by atoms with Crippen LogP contribution in [0.4, 0.5) is 5.82 Å². The fourth-order valence-electron chi connectivity index (χ4n) is 3.47. The molecule has 0 fully saturated rings. The first-order valence-corrected chi connectivity index (χ1v) is 11.9. The number of aromatic nitrogens is 2. The number of hydrogen-bond donors (Lipinski definition) is 1. The number of rotatable bonds is 7. The highest BCUT2D eigenvalue weighted by molar-refractivity contribution is 8.00. The highest BCUT2D eigenvalue weighted by Crippen LogP contribution is 2.36. The van der Waals surface area contributed by atoms with Crippen LogP contribution in [-0.4, -0.2) is 28.2 Å². The van der Waals surface area contributed by atoms with Crippen molar-refractivity contribution in [2.75, 3.05) is 12.4 Å². The van der Waals surface area contributed by atoms with Crippen LogP contribution in [-0.2, 0) is 4.79 Å². The minimum atomic E-state index is -0.506. The SMILES string of the molecule is COc1ccc(-c2cc(-c3ccc(C)cc3)c(C#N)c(SC(C)C(=O)Nc3ccccn3)n2)cc1. The molecule has 1 atom stereocenters. The van der Waals surface area contributed by atoms with E-state index < -0.39 is 5.25 Å². The van der Waals surface area contributed by atoms with E-state index in [1.807, 2.05) is 67.6 Å². The van der Waals surface area contributed by atoms with Gasteiger partial charge in [-0.05, 0) is 61.9 Å². The topological polar surface area (TPSA) is 87.9 Å². The van der Waals surface area contributed by atoms with Gasteiger partial charge in [-0.25, -0.2) is 9.97 Å². The third-order valence-electron chi connectivity index (χ3n) is 5.42. The molecule has 0 aliphatic heterocycles. The molecule has 1 unspecified atom stereocenters. The van der Waals surface area contributed by atoms with E-state index in [4.69, 9.17) is 9.72 Å². The molecule has 4 aromatic rings. The Balaban J connectivity index is 1.75. The van der Waals surface area contributed by atoms with Gasteiger partial charge in [-0.15, -0.1) is 0 Å². The molecule has 35 heavy (non-hydrogen) atoms. The Morgan fingerprint density at radius 2 is 1.77 bits per heavy atom. The lowest BCUT2D eigenvalue weighted by Gasteiger charge is -2.16. The second kappa shape index (κ2) is 10.9. The highest BCUT2D eigenvalue weighted by atomic mass is 32.2. The standard InChI is InChI=1S/C28H24N4O2S/c1-18-7-9-20(10-8-18)23-16-25(21-11-13-22(34-3)14-12-21)31-28(24(23)17-29)35-19(2)27(33)32-26-6-4-5-15-30-26/h4-16,19H,1-3H3,(H,30,32,33). The fourth-order valence-corrected chi connectivity index (χ4v) is 4.40. The average molecular weight is 481 g/mol. The van der Waals surface area contributed by atoms with Crippen molar-refractivity contribution in [3.8, 4) is 34.2 Å². The van der Waals surface area contributed by atoms with Crippen molar-refractivity contribution in [2.24, 2.45) is 0 Å². The molecule has 174 valence electrons. The summed E-state index contributed by atoms with van der Waals surface area (Å²) in [6, 6.07) is 25.2. The molecule has 7 heteroatoms. The monoisotopic (exact) mass is 480 g/mol. The molecule has 0 saturated heterocycles. The Kier molecular flexibility index (Phi) is 7.44. The maximum Gasteiger partial charge on any atom is 0.238 e. The molecular weight excluding hydrogens is 456 g/mol. The molecule has 1 amide bonds. The molecule has 2 aromatic carbocycles.